The number of nitrogens with one attached hydrogen (secondary N) is 2. The maximum Gasteiger partial charge on any atom is 0.224 e. The predicted octanol–water partition coefficient (Wildman–Crippen LogP) is 1.56. The first kappa shape index (κ1) is 18.5. The van der Waals surface area contributed by atoms with E-state index in [1.165, 1.54) is 6.42 Å². The molecule has 2 saturated heterocycles. The minimum absolute atomic E-state index is 0. The van der Waals surface area contributed by atoms with Crippen molar-refractivity contribution in [3.63, 3.8) is 0 Å². The molecule has 2 aliphatic heterocycles. The maximum atomic E-state index is 12.4. The van der Waals surface area contributed by atoms with Crippen molar-refractivity contribution >= 4 is 24.2 Å². The van der Waals surface area contributed by atoms with Gasteiger partial charge in [0.05, 0.1) is 0 Å². The van der Waals surface area contributed by atoms with Crippen LogP contribution in [0.4, 0.5) is 0 Å². The van der Waals surface area contributed by atoms with Crippen LogP contribution >= 0.6 is 12.4 Å². The van der Waals surface area contributed by atoms with Gasteiger partial charge < -0.3 is 15.5 Å². The summed E-state index contributed by atoms with van der Waals surface area (Å²) in [5, 5.41) is 6.45. The van der Waals surface area contributed by atoms with E-state index in [9.17, 15) is 9.59 Å². The Morgan fingerprint density at radius 1 is 1.13 bits per heavy atom. The second kappa shape index (κ2) is 8.34. The molecule has 1 aliphatic carbocycles. The van der Waals surface area contributed by atoms with Gasteiger partial charge in [0.25, 0.3) is 0 Å². The van der Waals surface area contributed by atoms with Gasteiger partial charge in [0.2, 0.25) is 11.8 Å². The molecule has 132 valence electrons. The minimum Gasteiger partial charge on any atom is -0.353 e. The third-order valence-electron chi connectivity index (χ3n) is 5.59. The van der Waals surface area contributed by atoms with E-state index in [-0.39, 0.29) is 36.2 Å². The van der Waals surface area contributed by atoms with E-state index in [1.54, 1.807) is 0 Å². The van der Waals surface area contributed by atoms with Gasteiger partial charge in [0, 0.05) is 44.6 Å². The molecule has 0 aromatic carbocycles. The maximum absolute atomic E-state index is 12.4. The third kappa shape index (κ3) is 4.60. The van der Waals surface area contributed by atoms with Crippen LogP contribution in [0.25, 0.3) is 0 Å². The molecule has 6 heteroatoms. The Balaban J connectivity index is 0.00000192. The summed E-state index contributed by atoms with van der Waals surface area (Å²) in [6, 6.07) is -0.0551. The number of hydrogen-bond acceptors (Lipinski definition) is 3. The van der Waals surface area contributed by atoms with Crippen LogP contribution in [0, 0.1) is 17.8 Å². The Morgan fingerprint density at radius 2 is 1.74 bits per heavy atom. The van der Waals surface area contributed by atoms with Gasteiger partial charge in [-0.1, -0.05) is 19.3 Å². The Labute approximate surface area is 145 Å². The van der Waals surface area contributed by atoms with E-state index in [1.807, 2.05) is 11.8 Å². The van der Waals surface area contributed by atoms with E-state index < -0.39 is 0 Å². The highest BCUT2D eigenvalue weighted by Crippen LogP contribution is 2.27. The lowest BCUT2D eigenvalue weighted by Gasteiger charge is -2.24. The number of likely N-dealkylation sites (tertiary alicyclic amines) is 1. The molecule has 23 heavy (non-hydrogen) atoms. The number of halogens is 1. The molecule has 0 aromatic rings. The molecule has 2 amide bonds. The van der Waals surface area contributed by atoms with Gasteiger partial charge in [0.1, 0.15) is 0 Å². The molecule has 2 N–H and O–H groups in total. The topological polar surface area (TPSA) is 61.4 Å². The monoisotopic (exact) mass is 343 g/mol. The van der Waals surface area contributed by atoms with Gasteiger partial charge in [-0.25, -0.2) is 0 Å². The standard InChI is InChI=1S/C17H29N3O2.ClH/c1-12(19-17(22)13-5-3-2-4-6-13)7-16(21)20-10-14-8-18-9-15(14)11-20;/h12-15,18H,2-11H2,1H3,(H,19,22);1H/t12?,14-,15+;. The zero-order valence-electron chi connectivity index (χ0n) is 14.1. The van der Waals surface area contributed by atoms with Crippen LogP contribution in [0.3, 0.4) is 0 Å². The van der Waals surface area contributed by atoms with Crippen molar-refractivity contribution in [3.8, 4) is 0 Å². The molecule has 1 unspecified atom stereocenters. The van der Waals surface area contributed by atoms with Crippen LogP contribution in [0.2, 0.25) is 0 Å². The lowest BCUT2D eigenvalue weighted by atomic mass is 9.88. The highest BCUT2D eigenvalue weighted by atomic mass is 35.5. The second-order valence-corrected chi connectivity index (χ2v) is 7.43. The third-order valence-corrected chi connectivity index (χ3v) is 5.59. The molecule has 0 aromatic heterocycles. The summed E-state index contributed by atoms with van der Waals surface area (Å²) in [6.07, 6.45) is 6.03. The van der Waals surface area contributed by atoms with Crippen LogP contribution in [-0.2, 0) is 9.59 Å². The first-order valence-corrected chi connectivity index (χ1v) is 8.92. The molecule has 3 atom stereocenters. The molecule has 3 rings (SSSR count). The van der Waals surface area contributed by atoms with Gasteiger partial charge in [-0.2, -0.15) is 0 Å². The molecule has 0 spiro atoms. The van der Waals surface area contributed by atoms with E-state index in [2.05, 4.69) is 10.6 Å². The Morgan fingerprint density at radius 3 is 2.35 bits per heavy atom. The van der Waals surface area contributed by atoms with E-state index in [0.29, 0.717) is 18.3 Å². The van der Waals surface area contributed by atoms with Crippen molar-refractivity contribution in [1.82, 2.24) is 15.5 Å². The summed E-state index contributed by atoms with van der Waals surface area (Å²) in [6.45, 7) is 5.82. The molecule has 0 radical (unpaired) electrons. The van der Waals surface area contributed by atoms with Crippen molar-refractivity contribution in [2.75, 3.05) is 26.2 Å². The molecule has 3 aliphatic rings. The summed E-state index contributed by atoms with van der Waals surface area (Å²) in [5.74, 6) is 1.80. The van der Waals surface area contributed by atoms with Crippen molar-refractivity contribution in [2.24, 2.45) is 17.8 Å². The van der Waals surface area contributed by atoms with Gasteiger partial charge >= 0.3 is 0 Å². The summed E-state index contributed by atoms with van der Waals surface area (Å²) < 4.78 is 0. The lowest BCUT2D eigenvalue weighted by molar-refractivity contribution is -0.131. The number of carbonyl (C=O) groups is 2. The lowest BCUT2D eigenvalue weighted by Crippen LogP contribution is -2.42. The van der Waals surface area contributed by atoms with Gasteiger partial charge in [-0.15, -0.1) is 12.4 Å². The largest absolute Gasteiger partial charge is 0.353 e. The quantitative estimate of drug-likeness (QED) is 0.814. The average Bonchev–Trinajstić information content (AvgIpc) is 3.09. The molecule has 1 saturated carbocycles. The molecular formula is C17H30ClN3O2. The zero-order valence-corrected chi connectivity index (χ0v) is 14.9. The summed E-state index contributed by atoms with van der Waals surface area (Å²) in [4.78, 5) is 26.6. The van der Waals surface area contributed by atoms with Gasteiger partial charge in [-0.3, -0.25) is 9.59 Å². The van der Waals surface area contributed by atoms with Crippen LogP contribution < -0.4 is 10.6 Å². The molecule has 3 fully saturated rings. The summed E-state index contributed by atoms with van der Waals surface area (Å²) in [5.41, 5.74) is 0. The highest BCUT2D eigenvalue weighted by molar-refractivity contribution is 5.85. The Kier molecular flexibility index (Phi) is 6.72. The van der Waals surface area contributed by atoms with Crippen LogP contribution in [0.15, 0.2) is 0 Å². The predicted molar refractivity (Wildman–Crippen MR) is 92.5 cm³/mol. The molecular weight excluding hydrogens is 314 g/mol. The second-order valence-electron chi connectivity index (χ2n) is 7.43. The minimum atomic E-state index is -0.0551. The van der Waals surface area contributed by atoms with E-state index in [0.717, 1.165) is 51.9 Å². The van der Waals surface area contributed by atoms with Crippen LogP contribution in [-0.4, -0.2) is 48.9 Å². The first-order chi connectivity index (χ1) is 10.6. The fourth-order valence-electron chi connectivity index (χ4n) is 4.23. The fourth-order valence-corrected chi connectivity index (χ4v) is 4.23. The summed E-state index contributed by atoms with van der Waals surface area (Å²) >= 11 is 0. The summed E-state index contributed by atoms with van der Waals surface area (Å²) in [7, 11) is 0. The van der Waals surface area contributed by atoms with Gasteiger partial charge in [0.15, 0.2) is 0 Å². The van der Waals surface area contributed by atoms with Crippen molar-refractivity contribution in [1.29, 1.82) is 0 Å². The van der Waals surface area contributed by atoms with Crippen molar-refractivity contribution in [3.05, 3.63) is 0 Å². The highest BCUT2D eigenvalue weighted by Gasteiger charge is 2.38. The number of rotatable bonds is 4. The molecule has 2 heterocycles. The number of carbonyl (C=O) groups excluding carboxylic acids is 2. The zero-order chi connectivity index (χ0) is 15.5. The average molecular weight is 344 g/mol. The van der Waals surface area contributed by atoms with Crippen molar-refractivity contribution in [2.45, 2.75) is 51.5 Å². The van der Waals surface area contributed by atoms with E-state index in [4.69, 9.17) is 0 Å². The molecule has 0 bridgehead atoms. The fraction of sp³-hybridized carbons (Fsp3) is 0.882. The first-order valence-electron chi connectivity index (χ1n) is 8.92. The smallest absolute Gasteiger partial charge is 0.224 e. The molecule has 5 nitrogen and oxygen atoms in total. The Hall–Kier alpha value is -0.810. The number of nitrogens with zero attached hydrogens (tertiary/aromatic N) is 1. The van der Waals surface area contributed by atoms with Crippen LogP contribution in [0.5, 0.6) is 0 Å². The SMILES string of the molecule is CC(CC(=O)N1C[C@H]2CNC[C@H]2C1)NC(=O)C1CCCCC1.Cl. The van der Waals surface area contributed by atoms with Gasteiger partial charge in [-0.05, 0) is 31.6 Å². The number of fused-ring (bicyclic) bond motifs is 1. The number of amides is 2. The van der Waals surface area contributed by atoms with Crippen molar-refractivity contribution < 1.29 is 9.59 Å². The normalized spacial score (nSPS) is 28.8. The Bertz CT molecular complexity index is 414. The van der Waals surface area contributed by atoms with Crippen LogP contribution in [0.1, 0.15) is 45.4 Å². The van der Waals surface area contributed by atoms with E-state index >= 15 is 0 Å². The number of hydrogen-bond donors (Lipinski definition) is 2.